The van der Waals surface area contributed by atoms with Gasteiger partial charge in [-0.1, -0.05) is 17.8 Å². The number of piperidine rings is 1. The number of amides is 1. The first-order valence-electron chi connectivity index (χ1n) is 8.69. The minimum Gasteiger partial charge on any atom is -0.346 e. The molecule has 0 N–H and O–H groups in total. The number of thiazole rings is 1. The molecule has 0 spiro atoms. The maximum atomic E-state index is 13.4. The van der Waals surface area contributed by atoms with Crippen molar-refractivity contribution >= 4 is 32.6 Å². The Hall–Kier alpha value is -1.69. The molecule has 4 rings (SSSR count). The molecule has 6 heteroatoms. The summed E-state index contributed by atoms with van der Waals surface area (Å²) in [4.78, 5) is 21.4. The maximum absolute atomic E-state index is 13.4. The first-order chi connectivity index (χ1) is 11.6. The molecule has 1 aromatic heterocycles. The van der Waals surface area contributed by atoms with E-state index >= 15 is 0 Å². The average molecular weight is 347 g/mol. The lowest BCUT2D eigenvalue weighted by molar-refractivity contribution is -0.139. The van der Waals surface area contributed by atoms with E-state index in [1.165, 1.54) is 23.8 Å². The molecular weight excluding hydrogens is 325 g/mol. The van der Waals surface area contributed by atoms with E-state index in [4.69, 9.17) is 0 Å². The van der Waals surface area contributed by atoms with Crippen LogP contribution in [-0.2, 0) is 4.79 Å². The third-order valence-electron chi connectivity index (χ3n) is 5.36. The molecule has 1 amide bonds. The van der Waals surface area contributed by atoms with Gasteiger partial charge in [0.2, 0.25) is 5.91 Å². The van der Waals surface area contributed by atoms with E-state index in [9.17, 15) is 9.18 Å². The fourth-order valence-corrected chi connectivity index (χ4v) is 4.61. The summed E-state index contributed by atoms with van der Waals surface area (Å²) < 4.78 is 14.3. The number of likely N-dealkylation sites (N-methyl/N-ethyl adjacent to an activating group) is 1. The van der Waals surface area contributed by atoms with Crippen LogP contribution in [0.3, 0.4) is 0 Å². The number of nitrogens with zero attached hydrogens (tertiary/aromatic N) is 3. The van der Waals surface area contributed by atoms with Gasteiger partial charge in [-0.25, -0.2) is 9.37 Å². The topological polar surface area (TPSA) is 36.4 Å². The van der Waals surface area contributed by atoms with Crippen molar-refractivity contribution in [3.63, 3.8) is 0 Å². The molecule has 1 unspecified atom stereocenters. The van der Waals surface area contributed by atoms with Crippen molar-refractivity contribution < 1.29 is 9.18 Å². The van der Waals surface area contributed by atoms with Gasteiger partial charge in [0.1, 0.15) is 5.82 Å². The van der Waals surface area contributed by atoms with Gasteiger partial charge in [-0.15, -0.1) is 0 Å². The van der Waals surface area contributed by atoms with E-state index in [0.717, 1.165) is 54.1 Å². The van der Waals surface area contributed by atoms with Crippen molar-refractivity contribution in [3.05, 3.63) is 24.0 Å². The van der Waals surface area contributed by atoms with E-state index in [1.54, 1.807) is 12.1 Å². The molecule has 0 bridgehead atoms. The molecule has 2 fully saturated rings. The highest BCUT2D eigenvalue weighted by atomic mass is 32.1. The van der Waals surface area contributed by atoms with Crippen LogP contribution in [0.25, 0.3) is 10.2 Å². The molecule has 2 heterocycles. The maximum Gasteiger partial charge on any atom is 0.225 e. The zero-order chi connectivity index (χ0) is 16.7. The van der Waals surface area contributed by atoms with Crippen molar-refractivity contribution in [1.29, 1.82) is 0 Å². The second-order valence-corrected chi connectivity index (χ2v) is 7.94. The summed E-state index contributed by atoms with van der Waals surface area (Å²) in [6, 6.07) is 4.98. The SMILES string of the molecule is CN(C(=O)C1CCC1)C1CCCN(c2nc3ccc(F)cc3s2)C1. The Morgan fingerprint density at radius 3 is 2.92 bits per heavy atom. The molecule has 1 aromatic carbocycles. The highest BCUT2D eigenvalue weighted by Crippen LogP contribution is 2.33. The van der Waals surface area contributed by atoms with Gasteiger partial charge < -0.3 is 9.80 Å². The molecule has 2 aromatic rings. The van der Waals surface area contributed by atoms with Gasteiger partial charge in [-0.05, 0) is 43.9 Å². The van der Waals surface area contributed by atoms with Crippen LogP contribution in [-0.4, -0.2) is 42.0 Å². The van der Waals surface area contributed by atoms with E-state index in [2.05, 4.69) is 9.88 Å². The van der Waals surface area contributed by atoms with E-state index < -0.39 is 0 Å². The van der Waals surface area contributed by atoms with Gasteiger partial charge in [-0.2, -0.15) is 0 Å². The summed E-state index contributed by atoms with van der Waals surface area (Å²) in [7, 11) is 1.95. The average Bonchev–Trinajstić information content (AvgIpc) is 2.95. The van der Waals surface area contributed by atoms with Gasteiger partial charge in [0.25, 0.3) is 0 Å². The van der Waals surface area contributed by atoms with E-state index in [1.807, 2.05) is 11.9 Å². The van der Waals surface area contributed by atoms with Crippen molar-refractivity contribution in [2.75, 3.05) is 25.0 Å². The van der Waals surface area contributed by atoms with Crippen LogP contribution in [0.1, 0.15) is 32.1 Å². The Kier molecular flexibility index (Phi) is 4.16. The fourth-order valence-electron chi connectivity index (χ4n) is 3.59. The predicted octanol–water partition coefficient (Wildman–Crippen LogP) is 3.66. The summed E-state index contributed by atoms with van der Waals surface area (Å²) in [5.41, 5.74) is 0.845. The largest absolute Gasteiger partial charge is 0.346 e. The van der Waals surface area contributed by atoms with Gasteiger partial charge in [0.15, 0.2) is 5.13 Å². The van der Waals surface area contributed by atoms with E-state index in [0.29, 0.717) is 5.91 Å². The summed E-state index contributed by atoms with van der Waals surface area (Å²) >= 11 is 1.53. The molecule has 1 aliphatic carbocycles. The van der Waals surface area contributed by atoms with Crippen LogP contribution < -0.4 is 4.90 Å². The smallest absolute Gasteiger partial charge is 0.225 e. The predicted molar refractivity (Wildman–Crippen MR) is 94.9 cm³/mol. The van der Waals surface area contributed by atoms with Crippen molar-refractivity contribution in [3.8, 4) is 0 Å². The van der Waals surface area contributed by atoms with Crippen LogP contribution in [0.4, 0.5) is 9.52 Å². The molecule has 4 nitrogen and oxygen atoms in total. The lowest BCUT2D eigenvalue weighted by Gasteiger charge is -2.40. The monoisotopic (exact) mass is 347 g/mol. The molecule has 1 atom stereocenters. The highest BCUT2D eigenvalue weighted by molar-refractivity contribution is 7.22. The molecule has 2 aliphatic rings. The Labute approximate surface area is 145 Å². The molecule has 24 heavy (non-hydrogen) atoms. The number of hydrogen-bond donors (Lipinski definition) is 0. The highest BCUT2D eigenvalue weighted by Gasteiger charge is 2.33. The van der Waals surface area contributed by atoms with Crippen LogP contribution >= 0.6 is 11.3 Å². The third-order valence-corrected chi connectivity index (χ3v) is 6.43. The van der Waals surface area contributed by atoms with Gasteiger partial charge >= 0.3 is 0 Å². The first-order valence-corrected chi connectivity index (χ1v) is 9.51. The summed E-state index contributed by atoms with van der Waals surface area (Å²) in [5.74, 6) is 0.329. The number of carbonyl (C=O) groups is 1. The van der Waals surface area contributed by atoms with Gasteiger partial charge in [0, 0.05) is 32.1 Å². The van der Waals surface area contributed by atoms with Crippen LogP contribution in [0, 0.1) is 11.7 Å². The number of halogens is 1. The number of benzene rings is 1. The summed E-state index contributed by atoms with van der Waals surface area (Å²) in [6.07, 6.45) is 5.37. The van der Waals surface area contributed by atoms with Crippen molar-refractivity contribution in [2.24, 2.45) is 5.92 Å². The Bertz CT molecular complexity index is 758. The lowest BCUT2D eigenvalue weighted by atomic mass is 9.84. The van der Waals surface area contributed by atoms with Crippen molar-refractivity contribution in [2.45, 2.75) is 38.1 Å². The summed E-state index contributed by atoms with van der Waals surface area (Å²) in [6.45, 7) is 1.77. The standard InChI is InChI=1S/C18H22FN3OS/c1-21(17(23)12-4-2-5-12)14-6-3-9-22(11-14)18-20-15-8-7-13(19)10-16(15)24-18/h7-8,10,12,14H,2-6,9,11H2,1H3. The minimum atomic E-state index is -0.222. The van der Waals surface area contributed by atoms with E-state index in [-0.39, 0.29) is 17.8 Å². The zero-order valence-electron chi connectivity index (χ0n) is 13.9. The Balaban J connectivity index is 1.50. The van der Waals surface area contributed by atoms with Crippen LogP contribution in [0.15, 0.2) is 18.2 Å². The molecule has 0 radical (unpaired) electrons. The second kappa shape index (κ2) is 6.31. The van der Waals surface area contributed by atoms with Crippen LogP contribution in [0.5, 0.6) is 0 Å². The molecule has 1 saturated carbocycles. The fraction of sp³-hybridized carbons (Fsp3) is 0.556. The minimum absolute atomic E-state index is 0.222. The number of rotatable bonds is 3. The van der Waals surface area contributed by atoms with Crippen LogP contribution in [0.2, 0.25) is 0 Å². The van der Waals surface area contributed by atoms with Crippen molar-refractivity contribution in [1.82, 2.24) is 9.88 Å². The number of hydrogen-bond acceptors (Lipinski definition) is 4. The second-order valence-electron chi connectivity index (χ2n) is 6.93. The normalized spacial score (nSPS) is 21.8. The molecule has 1 saturated heterocycles. The molecule has 128 valence electrons. The Morgan fingerprint density at radius 2 is 2.17 bits per heavy atom. The number of fused-ring (bicyclic) bond motifs is 1. The Morgan fingerprint density at radius 1 is 1.33 bits per heavy atom. The number of carbonyl (C=O) groups excluding carboxylic acids is 1. The quantitative estimate of drug-likeness (QED) is 0.850. The third kappa shape index (κ3) is 2.88. The lowest BCUT2D eigenvalue weighted by Crippen LogP contribution is -2.50. The zero-order valence-corrected chi connectivity index (χ0v) is 14.7. The molecule has 1 aliphatic heterocycles. The van der Waals surface area contributed by atoms with Gasteiger partial charge in [0.05, 0.1) is 10.2 Å². The molecular formula is C18H22FN3OS. The summed E-state index contributed by atoms with van der Waals surface area (Å²) in [5, 5.41) is 0.935. The first kappa shape index (κ1) is 15.8. The van der Waals surface area contributed by atoms with Gasteiger partial charge in [-0.3, -0.25) is 4.79 Å². The number of aromatic nitrogens is 1. The number of anilines is 1.